The van der Waals surface area contributed by atoms with Crippen molar-refractivity contribution in [3.63, 3.8) is 0 Å². The molecule has 0 aromatic rings. The lowest BCUT2D eigenvalue weighted by Gasteiger charge is -2.16. The van der Waals surface area contributed by atoms with Crippen LogP contribution in [0.1, 0.15) is 90.9 Å². The van der Waals surface area contributed by atoms with Gasteiger partial charge < -0.3 is 61.9 Å². The van der Waals surface area contributed by atoms with Crippen LogP contribution in [0.4, 0.5) is 0 Å². The van der Waals surface area contributed by atoms with E-state index in [1.54, 1.807) is 0 Å². The van der Waals surface area contributed by atoms with E-state index in [0.717, 1.165) is 25.7 Å². The van der Waals surface area contributed by atoms with E-state index >= 15 is 0 Å². The van der Waals surface area contributed by atoms with Gasteiger partial charge in [0.15, 0.2) is 0 Å². The number of carbonyl (C=O) groups is 1. The Kier molecular flexibility index (Phi) is 47.2. The summed E-state index contributed by atoms with van der Waals surface area (Å²) in [7, 11) is 0. The minimum atomic E-state index is -0.0625. The predicted octanol–water partition coefficient (Wildman–Crippen LogP) is 5.04. The van der Waals surface area contributed by atoms with Crippen molar-refractivity contribution in [3.05, 3.63) is 0 Å². The quantitative estimate of drug-likeness (QED) is 0.0649. The number of aliphatic hydroxyl groups excluding tert-OH is 1. The topological polar surface area (TPSA) is 148 Å². The van der Waals surface area contributed by atoms with Crippen molar-refractivity contribution in [3.8, 4) is 0 Å². The number of unbranched alkanes of at least 4 members (excludes halogenated alkanes) is 8. The Balaban J connectivity index is 3.36. The monoisotopic (exact) mass is 785 g/mol. The zero-order valence-corrected chi connectivity index (χ0v) is 34.3. The van der Waals surface area contributed by atoms with Crippen LogP contribution < -0.4 is 0 Å². The van der Waals surface area contributed by atoms with E-state index in [4.69, 9.17) is 61.9 Å². The molecule has 0 radical (unpaired) electrons. The lowest BCUT2D eigenvalue weighted by molar-refractivity contribution is -0.150. The summed E-state index contributed by atoms with van der Waals surface area (Å²) in [6.45, 7) is 15.3. The van der Waals surface area contributed by atoms with Crippen LogP contribution in [0.5, 0.6) is 0 Å². The van der Waals surface area contributed by atoms with Crippen LogP contribution in [-0.2, 0) is 61.6 Å². The molecule has 0 amide bonds. The van der Waals surface area contributed by atoms with E-state index in [9.17, 15) is 4.79 Å². The molecule has 0 spiro atoms. The van der Waals surface area contributed by atoms with Gasteiger partial charge in [0.2, 0.25) is 0 Å². The van der Waals surface area contributed by atoms with Crippen molar-refractivity contribution in [1.29, 1.82) is 0 Å². The highest BCUT2D eigenvalue weighted by Crippen LogP contribution is 2.20. The predicted molar refractivity (Wildman–Crippen MR) is 207 cm³/mol. The Labute approximate surface area is 327 Å². The van der Waals surface area contributed by atoms with Gasteiger partial charge in [-0.3, -0.25) is 4.79 Å². The summed E-state index contributed by atoms with van der Waals surface area (Å²) in [4.78, 5) is 12.7. The SMILES string of the molecule is CCCCCCCCC(CCCCCC)C(=O)OCCOCCOCCOCCOCCOCCOCCOCCOCCOCCOCCOCCO. The van der Waals surface area contributed by atoms with Crippen molar-refractivity contribution in [1.82, 2.24) is 0 Å². The second-order valence-electron chi connectivity index (χ2n) is 12.7. The molecule has 0 aromatic heterocycles. The number of hydrogen-bond donors (Lipinski definition) is 1. The Bertz CT molecular complexity index is 706. The van der Waals surface area contributed by atoms with Gasteiger partial charge >= 0.3 is 5.97 Å². The maximum Gasteiger partial charge on any atom is 0.309 e. The highest BCUT2D eigenvalue weighted by atomic mass is 16.6. The normalized spacial score (nSPS) is 12.1. The van der Waals surface area contributed by atoms with Crippen LogP contribution in [0.3, 0.4) is 0 Å². The van der Waals surface area contributed by atoms with Gasteiger partial charge in [-0.15, -0.1) is 0 Å². The van der Waals surface area contributed by atoms with Gasteiger partial charge in [0, 0.05) is 0 Å². The first-order valence-corrected chi connectivity index (χ1v) is 20.9. The molecule has 1 N–H and O–H groups in total. The zero-order chi connectivity index (χ0) is 39.1. The molecule has 1 atom stereocenters. The summed E-state index contributed by atoms with van der Waals surface area (Å²) in [6, 6.07) is 0. The molecule has 0 aliphatic heterocycles. The summed E-state index contributed by atoms with van der Waals surface area (Å²) < 4.78 is 65.5. The molecule has 0 rings (SSSR count). The third kappa shape index (κ3) is 43.7. The molecule has 0 saturated carbocycles. The maximum atomic E-state index is 12.7. The fraction of sp³-hybridized carbons (Fsp3) is 0.975. The van der Waals surface area contributed by atoms with Crippen molar-refractivity contribution in [2.45, 2.75) is 90.9 Å². The molecule has 0 aliphatic carbocycles. The molecule has 0 heterocycles. The molecule has 14 nitrogen and oxygen atoms in total. The Hall–Kier alpha value is -1.01. The number of rotatable bonds is 48. The molecule has 14 heteroatoms. The molecule has 0 aliphatic rings. The molecule has 324 valence electrons. The van der Waals surface area contributed by atoms with E-state index in [1.807, 2.05) is 0 Å². The van der Waals surface area contributed by atoms with Gasteiger partial charge in [0.05, 0.1) is 158 Å². The summed E-state index contributed by atoms with van der Waals surface area (Å²) in [5.41, 5.74) is 0. The van der Waals surface area contributed by atoms with Crippen LogP contribution in [0.25, 0.3) is 0 Å². The first-order chi connectivity index (χ1) is 26.8. The number of carbonyl (C=O) groups excluding carboxylic acids is 1. The number of aliphatic hydroxyl groups is 1. The Morgan fingerprint density at radius 2 is 0.593 bits per heavy atom. The average molecular weight is 785 g/mol. The summed E-state index contributed by atoms with van der Waals surface area (Å²) in [5, 5.41) is 8.60. The largest absolute Gasteiger partial charge is 0.463 e. The first kappa shape index (κ1) is 53.0. The molecule has 54 heavy (non-hydrogen) atoms. The molecule has 0 aromatic carbocycles. The first-order valence-electron chi connectivity index (χ1n) is 20.9. The van der Waals surface area contributed by atoms with Crippen molar-refractivity contribution in [2.75, 3.05) is 159 Å². The fourth-order valence-electron chi connectivity index (χ4n) is 5.05. The van der Waals surface area contributed by atoms with Crippen molar-refractivity contribution >= 4 is 5.97 Å². The van der Waals surface area contributed by atoms with Gasteiger partial charge in [0.25, 0.3) is 0 Å². The lowest BCUT2D eigenvalue weighted by Crippen LogP contribution is -2.21. The minimum Gasteiger partial charge on any atom is -0.463 e. The van der Waals surface area contributed by atoms with Crippen LogP contribution in [0, 0.1) is 5.92 Å². The smallest absolute Gasteiger partial charge is 0.309 e. The Morgan fingerprint density at radius 1 is 0.352 bits per heavy atom. The van der Waals surface area contributed by atoms with E-state index in [1.165, 1.54) is 51.4 Å². The molecule has 1 unspecified atom stereocenters. The number of hydrogen-bond acceptors (Lipinski definition) is 14. The average Bonchev–Trinajstić information content (AvgIpc) is 3.18. The van der Waals surface area contributed by atoms with Gasteiger partial charge in [-0.2, -0.15) is 0 Å². The zero-order valence-electron chi connectivity index (χ0n) is 34.3. The number of ether oxygens (including phenoxy) is 12. The van der Waals surface area contributed by atoms with E-state index in [0.29, 0.717) is 145 Å². The van der Waals surface area contributed by atoms with Crippen molar-refractivity contribution in [2.24, 2.45) is 5.92 Å². The molecule has 0 saturated heterocycles. The van der Waals surface area contributed by atoms with Crippen LogP contribution in [0.2, 0.25) is 0 Å². The maximum absolute atomic E-state index is 12.7. The molecular weight excluding hydrogens is 704 g/mol. The highest BCUT2D eigenvalue weighted by Gasteiger charge is 2.19. The molecular formula is C40H80O14. The van der Waals surface area contributed by atoms with Crippen LogP contribution in [0.15, 0.2) is 0 Å². The van der Waals surface area contributed by atoms with Gasteiger partial charge in [0.1, 0.15) is 6.61 Å². The summed E-state index contributed by atoms with van der Waals surface area (Å²) >= 11 is 0. The number of esters is 1. The third-order valence-corrected chi connectivity index (χ3v) is 8.07. The third-order valence-electron chi connectivity index (χ3n) is 8.07. The lowest BCUT2D eigenvalue weighted by atomic mass is 9.94. The second-order valence-corrected chi connectivity index (χ2v) is 12.7. The highest BCUT2D eigenvalue weighted by molar-refractivity contribution is 5.72. The van der Waals surface area contributed by atoms with Crippen LogP contribution in [-0.4, -0.2) is 170 Å². The standard InChI is InChI=1S/C40H80O14/c1-3-5-7-9-10-12-14-39(13-11-8-6-4-2)40(42)54-38-37-53-36-35-52-34-33-51-32-31-50-30-29-49-28-27-48-26-25-47-24-23-46-22-21-45-20-19-44-18-17-43-16-15-41/h39,41H,3-38H2,1-2H3. The summed E-state index contributed by atoms with van der Waals surface area (Å²) in [6.07, 6.45) is 14.0. The van der Waals surface area contributed by atoms with Gasteiger partial charge in [-0.1, -0.05) is 78.1 Å². The van der Waals surface area contributed by atoms with E-state index in [-0.39, 0.29) is 25.1 Å². The van der Waals surface area contributed by atoms with Gasteiger partial charge in [-0.25, -0.2) is 0 Å². The van der Waals surface area contributed by atoms with E-state index in [2.05, 4.69) is 13.8 Å². The molecule has 0 fully saturated rings. The van der Waals surface area contributed by atoms with Gasteiger partial charge in [-0.05, 0) is 12.8 Å². The van der Waals surface area contributed by atoms with Crippen LogP contribution >= 0.6 is 0 Å². The summed E-state index contributed by atoms with van der Waals surface area (Å²) in [5.74, 6) is -0.0461. The Morgan fingerprint density at radius 3 is 0.889 bits per heavy atom. The van der Waals surface area contributed by atoms with E-state index < -0.39 is 0 Å². The molecule has 0 bridgehead atoms. The second kappa shape index (κ2) is 48.1. The minimum absolute atomic E-state index is 0.0164. The van der Waals surface area contributed by atoms with Crippen molar-refractivity contribution < 1.29 is 66.7 Å². The fourth-order valence-corrected chi connectivity index (χ4v) is 5.05.